The maximum Gasteiger partial charge on any atom is 0.260 e. The zero-order valence-electron chi connectivity index (χ0n) is 13.2. The molecule has 4 fully saturated rings. The predicted molar refractivity (Wildman–Crippen MR) is 79.9 cm³/mol. The fourth-order valence-corrected chi connectivity index (χ4v) is 4.35. The SMILES string of the molecule is O=C(N1CCCC2(CCN(CC3CC3)C2=O)C1)C1(F)CCC1. The molecule has 4 nitrogen and oxygen atoms in total. The van der Waals surface area contributed by atoms with E-state index < -0.39 is 11.1 Å². The highest BCUT2D eigenvalue weighted by molar-refractivity contribution is 5.89. The van der Waals surface area contributed by atoms with Crippen molar-refractivity contribution in [1.82, 2.24) is 9.80 Å². The van der Waals surface area contributed by atoms with Crippen molar-refractivity contribution in [2.75, 3.05) is 26.2 Å². The van der Waals surface area contributed by atoms with Gasteiger partial charge < -0.3 is 9.80 Å². The number of nitrogens with zero attached hydrogens (tertiary/aromatic N) is 2. The molecular weight excluding hydrogens is 283 g/mol. The van der Waals surface area contributed by atoms with Crippen LogP contribution in [0.1, 0.15) is 51.4 Å². The molecule has 2 amide bonds. The van der Waals surface area contributed by atoms with Gasteiger partial charge in [-0.15, -0.1) is 0 Å². The van der Waals surface area contributed by atoms with Crippen molar-refractivity contribution in [2.45, 2.75) is 57.0 Å². The molecule has 0 N–H and O–H groups in total. The minimum atomic E-state index is -1.63. The summed E-state index contributed by atoms with van der Waals surface area (Å²) >= 11 is 0. The fraction of sp³-hybridized carbons (Fsp3) is 0.882. The van der Waals surface area contributed by atoms with Gasteiger partial charge in [0, 0.05) is 26.2 Å². The second kappa shape index (κ2) is 4.93. The average Bonchev–Trinajstić information content (AvgIpc) is 3.27. The lowest BCUT2D eigenvalue weighted by molar-refractivity contribution is -0.156. The molecule has 22 heavy (non-hydrogen) atoms. The van der Waals surface area contributed by atoms with Crippen LogP contribution in [-0.2, 0) is 9.59 Å². The quantitative estimate of drug-likeness (QED) is 0.801. The minimum Gasteiger partial charge on any atom is -0.342 e. The summed E-state index contributed by atoms with van der Waals surface area (Å²) in [5, 5.41) is 0. The summed E-state index contributed by atoms with van der Waals surface area (Å²) in [4.78, 5) is 28.9. The van der Waals surface area contributed by atoms with Crippen LogP contribution in [0.2, 0.25) is 0 Å². The van der Waals surface area contributed by atoms with Gasteiger partial charge in [-0.3, -0.25) is 9.59 Å². The number of amides is 2. The predicted octanol–water partition coefficient (Wildman–Crippen LogP) is 2.13. The first-order valence-electron chi connectivity index (χ1n) is 8.80. The van der Waals surface area contributed by atoms with E-state index in [4.69, 9.17) is 0 Å². The molecule has 0 aromatic heterocycles. The molecule has 122 valence electrons. The van der Waals surface area contributed by atoms with Gasteiger partial charge in [0.25, 0.3) is 5.91 Å². The molecule has 0 aromatic rings. The topological polar surface area (TPSA) is 40.6 Å². The number of carbonyl (C=O) groups excluding carboxylic acids is 2. The van der Waals surface area contributed by atoms with E-state index >= 15 is 0 Å². The molecule has 2 saturated heterocycles. The van der Waals surface area contributed by atoms with Gasteiger partial charge >= 0.3 is 0 Å². The molecule has 4 aliphatic rings. The molecule has 1 spiro atoms. The number of piperidine rings is 1. The molecule has 2 aliphatic carbocycles. The summed E-state index contributed by atoms with van der Waals surface area (Å²) in [7, 11) is 0. The van der Waals surface area contributed by atoms with Gasteiger partial charge in [-0.05, 0) is 57.3 Å². The van der Waals surface area contributed by atoms with Gasteiger partial charge in [-0.1, -0.05) is 0 Å². The number of carbonyl (C=O) groups is 2. The Morgan fingerprint density at radius 2 is 1.91 bits per heavy atom. The lowest BCUT2D eigenvalue weighted by atomic mass is 9.76. The van der Waals surface area contributed by atoms with E-state index in [0.717, 1.165) is 38.8 Å². The van der Waals surface area contributed by atoms with Gasteiger partial charge in [0.1, 0.15) is 0 Å². The number of hydrogen-bond acceptors (Lipinski definition) is 2. The zero-order valence-corrected chi connectivity index (χ0v) is 13.2. The summed E-state index contributed by atoms with van der Waals surface area (Å²) in [6, 6.07) is 0. The summed E-state index contributed by atoms with van der Waals surface area (Å²) in [5.74, 6) is 0.564. The first kappa shape index (κ1) is 14.5. The van der Waals surface area contributed by atoms with Crippen LogP contribution in [-0.4, -0.2) is 53.5 Å². The molecule has 1 unspecified atom stereocenters. The van der Waals surface area contributed by atoms with Gasteiger partial charge in [0.15, 0.2) is 5.67 Å². The van der Waals surface area contributed by atoms with Crippen molar-refractivity contribution in [1.29, 1.82) is 0 Å². The Balaban J connectivity index is 1.46. The third-order valence-electron chi connectivity index (χ3n) is 6.17. The highest BCUT2D eigenvalue weighted by atomic mass is 19.1. The Bertz CT molecular complexity index is 501. The van der Waals surface area contributed by atoms with E-state index in [2.05, 4.69) is 0 Å². The number of alkyl halides is 1. The normalized spacial score (nSPS) is 34.1. The Hall–Kier alpha value is -1.13. The lowest BCUT2D eigenvalue weighted by Gasteiger charge is -2.43. The summed E-state index contributed by atoms with van der Waals surface area (Å²) in [6.45, 7) is 2.76. The molecule has 1 atom stereocenters. The third kappa shape index (κ3) is 2.24. The van der Waals surface area contributed by atoms with E-state index in [-0.39, 0.29) is 11.8 Å². The lowest BCUT2D eigenvalue weighted by Crippen LogP contribution is -2.56. The van der Waals surface area contributed by atoms with Crippen molar-refractivity contribution in [2.24, 2.45) is 11.3 Å². The van der Waals surface area contributed by atoms with Crippen LogP contribution in [0.3, 0.4) is 0 Å². The summed E-state index contributed by atoms with van der Waals surface area (Å²) in [5.41, 5.74) is -2.04. The molecule has 2 heterocycles. The van der Waals surface area contributed by atoms with Crippen LogP contribution in [0.5, 0.6) is 0 Å². The number of halogens is 1. The summed E-state index contributed by atoms with van der Waals surface area (Å²) < 4.78 is 14.4. The monoisotopic (exact) mass is 308 g/mol. The molecule has 2 aliphatic heterocycles. The van der Waals surface area contributed by atoms with Gasteiger partial charge in [0.2, 0.25) is 5.91 Å². The first-order valence-corrected chi connectivity index (χ1v) is 8.80. The van der Waals surface area contributed by atoms with Crippen LogP contribution in [0.25, 0.3) is 0 Å². The van der Waals surface area contributed by atoms with Gasteiger partial charge in [-0.2, -0.15) is 0 Å². The van der Waals surface area contributed by atoms with E-state index in [0.29, 0.717) is 31.8 Å². The van der Waals surface area contributed by atoms with Crippen LogP contribution < -0.4 is 0 Å². The second-order valence-electron chi connectivity index (χ2n) is 7.87. The largest absolute Gasteiger partial charge is 0.342 e. The number of hydrogen-bond donors (Lipinski definition) is 0. The van der Waals surface area contributed by atoms with Crippen molar-refractivity contribution in [3.05, 3.63) is 0 Å². The minimum absolute atomic E-state index is 0.221. The molecule has 2 saturated carbocycles. The average molecular weight is 308 g/mol. The molecule has 4 rings (SSSR count). The highest BCUT2D eigenvalue weighted by Gasteiger charge is 2.53. The van der Waals surface area contributed by atoms with E-state index in [1.54, 1.807) is 4.90 Å². The summed E-state index contributed by atoms with van der Waals surface area (Å²) in [6.07, 6.45) is 6.52. The highest BCUT2D eigenvalue weighted by Crippen LogP contribution is 2.44. The Labute approximate surface area is 131 Å². The van der Waals surface area contributed by atoms with Crippen molar-refractivity contribution < 1.29 is 14.0 Å². The van der Waals surface area contributed by atoms with Crippen LogP contribution in [0, 0.1) is 11.3 Å². The van der Waals surface area contributed by atoms with Crippen molar-refractivity contribution in [3.8, 4) is 0 Å². The maximum atomic E-state index is 14.4. The van der Waals surface area contributed by atoms with E-state index in [9.17, 15) is 14.0 Å². The van der Waals surface area contributed by atoms with Gasteiger partial charge in [-0.25, -0.2) is 4.39 Å². The third-order valence-corrected chi connectivity index (χ3v) is 6.17. The standard InChI is InChI=1S/C17H25FN2O2/c18-17(6-1-7-17)15(22)20-9-2-5-16(12-20)8-10-19(14(16)21)11-13-3-4-13/h13H,1-12H2. The smallest absolute Gasteiger partial charge is 0.260 e. The van der Waals surface area contributed by atoms with Gasteiger partial charge in [0.05, 0.1) is 5.41 Å². The first-order chi connectivity index (χ1) is 10.5. The van der Waals surface area contributed by atoms with Crippen molar-refractivity contribution in [3.63, 3.8) is 0 Å². The fourth-order valence-electron chi connectivity index (χ4n) is 4.35. The molecule has 0 aromatic carbocycles. The zero-order chi connectivity index (χ0) is 15.4. The Morgan fingerprint density at radius 1 is 1.14 bits per heavy atom. The number of likely N-dealkylation sites (tertiary alicyclic amines) is 2. The molecular formula is C17H25FN2O2. The maximum absolute atomic E-state index is 14.4. The Morgan fingerprint density at radius 3 is 2.55 bits per heavy atom. The van der Waals surface area contributed by atoms with Crippen LogP contribution >= 0.6 is 0 Å². The molecule has 0 radical (unpaired) electrons. The van der Waals surface area contributed by atoms with Crippen molar-refractivity contribution >= 4 is 11.8 Å². The molecule has 0 bridgehead atoms. The van der Waals surface area contributed by atoms with E-state index in [1.165, 1.54) is 12.8 Å². The number of rotatable bonds is 3. The van der Waals surface area contributed by atoms with E-state index in [1.807, 2.05) is 4.90 Å². The van der Waals surface area contributed by atoms with Crippen LogP contribution in [0.15, 0.2) is 0 Å². The Kier molecular flexibility index (Phi) is 3.24. The second-order valence-corrected chi connectivity index (χ2v) is 7.87. The molecule has 5 heteroatoms. The van der Waals surface area contributed by atoms with Crippen LogP contribution in [0.4, 0.5) is 4.39 Å².